The van der Waals surface area contributed by atoms with Gasteiger partial charge in [0, 0.05) is 31.4 Å². The lowest BCUT2D eigenvalue weighted by Gasteiger charge is -2.14. The molecule has 3 rings (SSSR count). The normalized spacial score (nSPS) is 11.8. The molecule has 0 aliphatic carbocycles. The topological polar surface area (TPSA) is 80.3 Å². The van der Waals surface area contributed by atoms with Crippen LogP contribution in [0.5, 0.6) is 0 Å². The molecule has 0 fully saturated rings. The van der Waals surface area contributed by atoms with Crippen molar-refractivity contribution in [1.29, 1.82) is 0 Å². The van der Waals surface area contributed by atoms with Crippen LogP contribution in [-0.4, -0.2) is 27.5 Å². The molecule has 0 bridgehead atoms. The van der Waals surface area contributed by atoms with Crippen molar-refractivity contribution < 1.29 is 4.42 Å². The third-order valence-corrected chi connectivity index (χ3v) is 4.14. The van der Waals surface area contributed by atoms with E-state index in [-0.39, 0.29) is 29.4 Å². The maximum atomic E-state index is 5.81. The van der Waals surface area contributed by atoms with E-state index >= 15 is 0 Å². The van der Waals surface area contributed by atoms with Gasteiger partial charge in [-0.05, 0) is 11.6 Å². The van der Waals surface area contributed by atoms with E-state index in [4.69, 9.17) is 4.42 Å². The Bertz CT molecular complexity index is 896. The highest BCUT2D eigenvalue weighted by Crippen LogP contribution is 2.22. The molecular formula is C20H27IN6O. The predicted molar refractivity (Wildman–Crippen MR) is 121 cm³/mol. The number of hydrogen-bond acceptors (Lipinski definition) is 4. The SMILES string of the molecule is CN=C(NCc1ncc(C(C)(C)C)o1)NCc1ccccc1-n1ccnc1.I. The number of hydrogen-bond donors (Lipinski definition) is 2. The fourth-order valence-electron chi connectivity index (χ4n) is 2.61. The Morgan fingerprint density at radius 1 is 1.18 bits per heavy atom. The maximum Gasteiger partial charge on any atom is 0.213 e. The molecule has 0 aliphatic heterocycles. The Morgan fingerprint density at radius 2 is 1.93 bits per heavy atom. The van der Waals surface area contributed by atoms with E-state index in [1.165, 1.54) is 0 Å². The van der Waals surface area contributed by atoms with Gasteiger partial charge in [0.05, 0.1) is 24.8 Å². The second kappa shape index (κ2) is 9.72. The van der Waals surface area contributed by atoms with Gasteiger partial charge in [0.2, 0.25) is 5.89 Å². The second-order valence-electron chi connectivity index (χ2n) is 7.25. The lowest BCUT2D eigenvalue weighted by Crippen LogP contribution is -2.36. The standard InChI is InChI=1S/C20H26N6O.HI/c1-20(2,3)17-12-23-18(27-17)13-25-19(21-4)24-11-15-7-5-6-8-16(15)26-10-9-22-14-26;/h5-10,12,14H,11,13H2,1-4H3,(H2,21,24,25);1H. The molecule has 150 valence electrons. The molecule has 0 saturated carbocycles. The van der Waals surface area contributed by atoms with Crippen LogP contribution in [0.4, 0.5) is 0 Å². The molecule has 2 aromatic heterocycles. The maximum absolute atomic E-state index is 5.81. The van der Waals surface area contributed by atoms with Gasteiger partial charge >= 0.3 is 0 Å². The molecule has 2 heterocycles. The van der Waals surface area contributed by atoms with Gasteiger partial charge in [-0.15, -0.1) is 24.0 Å². The lowest BCUT2D eigenvalue weighted by molar-refractivity contribution is 0.379. The summed E-state index contributed by atoms with van der Waals surface area (Å²) in [5.41, 5.74) is 2.17. The number of rotatable bonds is 5. The Balaban J connectivity index is 0.00000280. The van der Waals surface area contributed by atoms with Crippen molar-refractivity contribution in [2.75, 3.05) is 7.05 Å². The molecule has 0 spiro atoms. The summed E-state index contributed by atoms with van der Waals surface area (Å²) in [6.45, 7) is 7.40. The fraction of sp³-hybridized carbons (Fsp3) is 0.350. The van der Waals surface area contributed by atoms with E-state index in [1.807, 2.05) is 22.9 Å². The minimum atomic E-state index is -0.0534. The van der Waals surface area contributed by atoms with Crippen molar-refractivity contribution in [1.82, 2.24) is 25.2 Å². The van der Waals surface area contributed by atoms with Gasteiger partial charge in [-0.1, -0.05) is 39.0 Å². The van der Waals surface area contributed by atoms with Crippen molar-refractivity contribution in [2.24, 2.45) is 4.99 Å². The van der Waals surface area contributed by atoms with Crippen molar-refractivity contribution in [3.8, 4) is 5.69 Å². The zero-order valence-electron chi connectivity index (χ0n) is 16.6. The molecule has 0 atom stereocenters. The summed E-state index contributed by atoms with van der Waals surface area (Å²) in [7, 11) is 1.74. The van der Waals surface area contributed by atoms with Crippen molar-refractivity contribution in [3.05, 3.63) is 66.4 Å². The number of para-hydroxylation sites is 1. The first-order valence-electron chi connectivity index (χ1n) is 8.93. The van der Waals surface area contributed by atoms with Crippen LogP contribution in [0, 0.1) is 0 Å². The summed E-state index contributed by atoms with van der Waals surface area (Å²) in [5.74, 6) is 2.20. The summed E-state index contributed by atoms with van der Waals surface area (Å²) in [6, 6.07) is 8.19. The van der Waals surface area contributed by atoms with Crippen LogP contribution in [0.25, 0.3) is 5.69 Å². The third-order valence-electron chi connectivity index (χ3n) is 4.14. The van der Waals surface area contributed by atoms with Gasteiger partial charge in [-0.25, -0.2) is 9.97 Å². The molecule has 0 unspecified atom stereocenters. The van der Waals surface area contributed by atoms with Gasteiger partial charge in [0.1, 0.15) is 5.76 Å². The predicted octanol–water partition coefficient (Wildman–Crippen LogP) is 3.64. The van der Waals surface area contributed by atoms with Crippen LogP contribution in [0.3, 0.4) is 0 Å². The van der Waals surface area contributed by atoms with Crippen molar-refractivity contribution in [2.45, 2.75) is 39.3 Å². The Kier molecular flexibility index (Phi) is 7.61. The molecule has 0 amide bonds. The lowest BCUT2D eigenvalue weighted by atomic mass is 9.94. The van der Waals surface area contributed by atoms with Crippen LogP contribution in [0.2, 0.25) is 0 Å². The number of guanidine groups is 1. The minimum absolute atomic E-state index is 0. The average molecular weight is 494 g/mol. The number of aromatic nitrogens is 3. The molecule has 0 radical (unpaired) electrons. The number of nitrogens with zero attached hydrogens (tertiary/aromatic N) is 4. The number of halogens is 1. The first kappa shape index (κ1) is 21.9. The van der Waals surface area contributed by atoms with Crippen LogP contribution in [0.15, 0.2) is 58.6 Å². The quantitative estimate of drug-likeness (QED) is 0.322. The summed E-state index contributed by atoms with van der Waals surface area (Å²) >= 11 is 0. The van der Waals surface area contributed by atoms with E-state index in [0.29, 0.717) is 24.9 Å². The summed E-state index contributed by atoms with van der Waals surface area (Å²) in [4.78, 5) is 12.7. The van der Waals surface area contributed by atoms with E-state index in [0.717, 1.165) is 17.0 Å². The van der Waals surface area contributed by atoms with Gasteiger partial charge in [-0.2, -0.15) is 0 Å². The zero-order chi connectivity index (χ0) is 19.3. The summed E-state index contributed by atoms with van der Waals surface area (Å²) in [5, 5.41) is 6.57. The van der Waals surface area contributed by atoms with Crippen LogP contribution in [0.1, 0.15) is 38.0 Å². The summed E-state index contributed by atoms with van der Waals surface area (Å²) in [6.07, 6.45) is 7.28. The molecule has 1 aromatic carbocycles. The van der Waals surface area contributed by atoms with Gasteiger partial charge < -0.3 is 19.6 Å². The highest BCUT2D eigenvalue weighted by Gasteiger charge is 2.19. The zero-order valence-corrected chi connectivity index (χ0v) is 19.0. The van der Waals surface area contributed by atoms with Gasteiger partial charge in [-0.3, -0.25) is 4.99 Å². The number of benzene rings is 1. The molecule has 2 N–H and O–H groups in total. The first-order chi connectivity index (χ1) is 13.0. The number of imidazole rings is 1. The average Bonchev–Trinajstić information content (AvgIpc) is 3.34. The number of aliphatic imine (C=N–C) groups is 1. The molecule has 7 nitrogen and oxygen atoms in total. The highest BCUT2D eigenvalue weighted by molar-refractivity contribution is 14.0. The summed E-state index contributed by atoms with van der Waals surface area (Å²) < 4.78 is 7.80. The molecule has 0 saturated heterocycles. The molecule has 3 aromatic rings. The fourth-order valence-corrected chi connectivity index (χ4v) is 2.61. The Hall–Kier alpha value is -2.36. The van der Waals surface area contributed by atoms with E-state index < -0.39 is 0 Å². The minimum Gasteiger partial charge on any atom is -0.443 e. The van der Waals surface area contributed by atoms with Crippen LogP contribution < -0.4 is 10.6 Å². The number of oxazole rings is 1. The molecule has 8 heteroatoms. The van der Waals surface area contributed by atoms with Crippen molar-refractivity contribution in [3.63, 3.8) is 0 Å². The van der Waals surface area contributed by atoms with Crippen LogP contribution >= 0.6 is 24.0 Å². The van der Waals surface area contributed by atoms with Crippen molar-refractivity contribution >= 4 is 29.9 Å². The van der Waals surface area contributed by atoms with Gasteiger partial charge in [0.15, 0.2) is 5.96 Å². The molecule has 0 aliphatic rings. The van der Waals surface area contributed by atoms with Crippen LogP contribution in [-0.2, 0) is 18.5 Å². The molecular weight excluding hydrogens is 467 g/mol. The van der Waals surface area contributed by atoms with E-state index in [9.17, 15) is 0 Å². The largest absolute Gasteiger partial charge is 0.443 e. The smallest absolute Gasteiger partial charge is 0.213 e. The van der Waals surface area contributed by atoms with E-state index in [1.54, 1.807) is 25.8 Å². The van der Waals surface area contributed by atoms with E-state index in [2.05, 4.69) is 58.5 Å². The highest BCUT2D eigenvalue weighted by atomic mass is 127. The number of nitrogens with one attached hydrogen (secondary N) is 2. The second-order valence-corrected chi connectivity index (χ2v) is 7.25. The Labute approximate surface area is 182 Å². The van der Waals surface area contributed by atoms with Gasteiger partial charge in [0.25, 0.3) is 0 Å². The monoisotopic (exact) mass is 494 g/mol. The Morgan fingerprint density at radius 3 is 2.57 bits per heavy atom. The first-order valence-corrected chi connectivity index (χ1v) is 8.93. The molecule has 28 heavy (non-hydrogen) atoms. The third kappa shape index (κ3) is 5.57.